The van der Waals surface area contributed by atoms with Crippen LogP contribution in [-0.2, 0) is 6.42 Å². The van der Waals surface area contributed by atoms with E-state index in [0.717, 1.165) is 11.6 Å². The van der Waals surface area contributed by atoms with Gasteiger partial charge in [0, 0.05) is 0 Å². The second kappa shape index (κ2) is 13.9. The Morgan fingerprint density at radius 3 is 1.58 bits per heavy atom. The molecule has 184 valence electrons. The van der Waals surface area contributed by atoms with E-state index in [4.69, 9.17) is 0 Å². The van der Waals surface area contributed by atoms with Gasteiger partial charge in [0.25, 0.3) is 0 Å². The number of hydrogen-bond acceptors (Lipinski definition) is 0. The van der Waals surface area contributed by atoms with Crippen molar-refractivity contribution >= 4 is 32.7 Å². The molecule has 0 spiro atoms. The topological polar surface area (TPSA) is 0 Å². The van der Waals surface area contributed by atoms with E-state index in [2.05, 4.69) is 146 Å². The van der Waals surface area contributed by atoms with Crippen molar-refractivity contribution < 1.29 is 0 Å². The summed E-state index contributed by atoms with van der Waals surface area (Å²) in [6.45, 7) is 2.26. The van der Waals surface area contributed by atoms with Gasteiger partial charge in [-0.3, -0.25) is 0 Å². The Kier molecular flexibility index (Phi) is 10.0. The average Bonchev–Trinajstić information content (AvgIpc) is 2.95. The molecular weight excluding hydrogens is 495 g/mol. The fourth-order valence-electron chi connectivity index (χ4n) is 5.01. The molecule has 4 aromatic rings. The van der Waals surface area contributed by atoms with Crippen LogP contribution in [0.5, 0.6) is 0 Å². The predicted octanol–water partition coefficient (Wildman–Crippen LogP) is 7.28. The van der Waals surface area contributed by atoms with Gasteiger partial charge in [0.1, 0.15) is 0 Å². The second-order valence-corrected chi connectivity index (χ2v) is 17.8. The van der Waals surface area contributed by atoms with E-state index >= 15 is 0 Å². The molecule has 1 heteroatoms. The fourth-order valence-corrected chi connectivity index (χ4v) is 14.4. The number of rotatable bonds is 12. The second-order valence-electron chi connectivity index (χ2n) is 9.52. The molecule has 0 heterocycles. The zero-order valence-corrected chi connectivity index (χ0v) is 23.6. The van der Waals surface area contributed by atoms with Gasteiger partial charge in [-0.05, 0) is 0 Å². The van der Waals surface area contributed by atoms with E-state index < -0.39 is 13.6 Å². The van der Waals surface area contributed by atoms with Gasteiger partial charge in [0.2, 0.25) is 0 Å². The molecule has 0 fully saturated rings. The third kappa shape index (κ3) is 6.77. The Balaban J connectivity index is 1.56. The summed E-state index contributed by atoms with van der Waals surface area (Å²) in [7, 11) is 0. The van der Waals surface area contributed by atoms with Gasteiger partial charge in [-0.15, -0.1) is 0 Å². The van der Waals surface area contributed by atoms with E-state index in [-0.39, 0.29) is 0 Å². The van der Waals surface area contributed by atoms with Crippen LogP contribution in [0.4, 0.5) is 0 Å². The number of hydrogen-bond donors (Lipinski definition) is 0. The molecular formula is C35H39As. The van der Waals surface area contributed by atoms with Gasteiger partial charge in [-0.1, -0.05) is 19.8 Å². The van der Waals surface area contributed by atoms with Crippen LogP contribution in [0.25, 0.3) is 6.08 Å². The molecule has 0 saturated carbocycles. The summed E-state index contributed by atoms with van der Waals surface area (Å²) < 4.78 is 4.50. The summed E-state index contributed by atoms with van der Waals surface area (Å²) in [5.74, 6) is 0. The van der Waals surface area contributed by atoms with Crippen LogP contribution < -0.4 is 13.1 Å². The van der Waals surface area contributed by atoms with Crippen LogP contribution in [-0.4, -0.2) is 13.6 Å². The first-order valence-corrected chi connectivity index (χ1v) is 18.0. The Bertz CT molecular complexity index is 1110. The summed E-state index contributed by atoms with van der Waals surface area (Å²) >= 11 is -2.91. The summed E-state index contributed by atoms with van der Waals surface area (Å²) in [5.41, 5.74) is 2.65. The van der Waals surface area contributed by atoms with Crippen LogP contribution in [0.3, 0.4) is 0 Å². The first-order valence-electron chi connectivity index (χ1n) is 13.4. The van der Waals surface area contributed by atoms with Gasteiger partial charge in [-0.25, -0.2) is 0 Å². The quantitative estimate of drug-likeness (QED) is 0.102. The fraction of sp³-hybridized carbons (Fsp3) is 0.200. The molecule has 0 nitrogen and oxygen atoms in total. The third-order valence-corrected chi connectivity index (χ3v) is 17.1. The van der Waals surface area contributed by atoms with Gasteiger partial charge < -0.3 is 0 Å². The van der Waals surface area contributed by atoms with Crippen LogP contribution >= 0.6 is 0 Å². The molecule has 0 N–H and O–H groups in total. The summed E-state index contributed by atoms with van der Waals surface area (Å²) in [5, 5.41) is 1.07. The van der Waals surface area contributed by atoms with Gasteiger partial charge in [-0.2, -0.15) is 0 Å². The average molecular weight is 535 g/mol. The molecule has 0 bridgehead atoms. The van der Waals surface area contributed by atoms with Gasteiger partial charge >= 0.3 is 202 Å². The molecule has 4 aromatic carbocycles. The summed E-state index contributed by atoms with van der Waals surface area (Å²) in [6.07, 6.45) is 15.5. The maximum absolute atomic E-state index is 2.91. The molecule has 0 aliphatic heterocycles. The molecule has 0 saturated heterocycles. The standard InChI is InChI=1S/C35H39As/c1-2-3-4-5-6-10-18-31-26-28-32(29-27-31)19-17-30-36(33-20-11-7-12-21-33,34-22-13-8-14-23-34)35-24-15-9-16-25-35/h6-17,19-29,36H,2-5,18,30H2,1H3/b10-6-,19-17+. The van der Waals surface area contributed by atoms with E-state index in [1.165, 1.54) is 49.9 Å². The van der Waals surface area contributed by atoms with E-state index in [9.17, 15) is 0 Å². The monoisotopic (exact) mass is 534 g/mol. The third-order valence-electron chi connectivity index (χ3n) is 7.01. The first-order chi connectivity index (χ1) is 17.8. The van der Waals surface area contributed by atoms with Crippen molar-refractivity contribution in [3.8, 4) is 0 Å². The van der Waals surface area contributed by atoms with Crippen molar-refractivity contribution in [2.24, 2.45) is 0 Å². The predicted molar refractivity (Wildman–Crippen MR) is 163 cm³/mol. The molecule has 0 unspecified atom stereocenters. The molecule has 0 amide bonds. The van der Waals surface area contributed by atoms with E-state index in [1.807, 2.05) is 0 Å². The molecule has 0 aliphatic carbocycles. The van der Waals surface area contributed by atoms with Crippen LogP contribution in [0.1, 0.15) is 43.7 Å². The first kappa shape index (κ1) is 26.0. The minimum absolute atomic E-state index is 1.02. The van der Waals surface area contributed by atoms with Crippen LogP contribution in [0.15, 0.2) is 133 Å². The molecule has 0 aromatic heterocycles. The van der Waals surface area contributed by atoms with Crippen molar-refractivity contribution in [3.05, 3.63) is 145 Å². The van der Waals surface area contributed by atoms with E-state index in [1.54, 1.807) is 0 Å². The van der Waals surface area contributed by atoms with Crippen molar-refractivity contribution in [2.45, 2.75) is 44.2 Å². The summed E-state index contributed by atoms with van der Waals surface area (Å²) in [4.78, 5) is 0. The summed E-state index contributed by atoms with van der Waals surface area (Å²) in [6, 6.07) is 42.7. The SMILES string of the molecule is CCCCC/C=C\Cc1ccc(/C=C/C[AsH](c2ccccc2)(c2ccccc2)c2ccccc2)cc1. The zero-order valence-electron chi connectivity index (χ0n) is 21.5. The Morgan fingerprint density at radius 2 is 1.08 bits per heavy atom. The van der Waals surface area contributed by atoms with Gasteiger partial charge in [0.05, 0.1) is 0 Å². The van der Waals surface area contributed by atoms with Crippen molar-refractivity contribution in [1.82, 2.24) is 0 Å². The minimum atomic E-state index is -2.91. The van der Waals surface area contributed by atoms with Crippen LogP contribution in [0.2, 0.25) is 5.21 Å². The van der Waals surface area contributed by atoms with Crippen molar-refractivity contribution in [2.75, 3.05) is 0 Å². The molecule has 4 rings (SSSR count). The normalized spacial score (nSPS) is 12.4. The van der Waals surface area contributed by atoms with Gasteiger partial charge in [0.15, 0.2) is 0 Å². The molecule has 36 heavy (non-hydrogen) atoms. The molecule has 0 aliphatic rings. The molecule has 0 atom stereocenters. The Labute approximate surface area is 220 Å². The molecule has 0 radical (unpaired) electrons. The Hall–Kier alpha value is -3.08. The maximum atomic E-state index is 2.43. The number of allylic oxidation sites excluding steroid dienone is 3. The van der Waals surface area contributed by atoms with Crippen molar-refractivity contribution in [1.29, 1.82) is 0 Å². The Morgan fingerprint density at radius 1 is 0.556 bits per heavy atom. The van der Waals surface area contributed by atoms with Crippen molar-refractivity contribution in [3.63, 3.8) is 0 Å². The van der Waals surface area contributed by atoms with Crippen LogP contribution in [0, 0.1) is 0 Å². The zero-order chi connectivity index (χ0) is 24.9. The number of unbranched alkanes of at least 4 members (excludes halogenated alkanes) is 3. The number of benzene rings is 4. The van der Waals surface area contributed by atoms with E-state index in [0.29, 0.717) is 0 Å².